The Morgan fingerprint density at radius 3 is 2.25 bits per heavy atom. The molecule has 0 radical (unpaired) electrons. The number of benzene rings is 1. The van der Waals surface area contributed by atoms with Crippen LogP contribution < -0.4 is 20.9 Å². The molecule has 1 aromatic carbocycles. The summed E-state index contributed by atoms with van der Waals surface area (Å²) in [5, 5.41) is 9.08. The lowest BCUT2D eigenvalue weighted by atomic mass is 10.2. The molecule has 4 N–H and O–H groups in total. The quantitative estimate of drug-likeness (QED) is 0.618. The van der Waals surface area contributed by atoms with Gasteiger partial charge in [0.25, 0.3) is 0 Å². The molecule has 2 heterocycles. The second kappa shape index (κ2) is 7.42. The van der Waals surface area contributed by atoms with Gasteiger partial charge in [0.05, 0.1) is 17.6 Å². The van der Waals surface area contributed by atoms with Crippen LogP contribution in [-0.2, 0) is 9.84 Å². The van der Waals surface area contributed by atoms with E-state index in [9.17, 15) is 8.42 Å². The van der Waals surface area contributed by atoms with E-state index in [2.05, 4.69) is 9.97 Å². The third-order valence-electron chi connectivity index (χ3n) is 3.56. The number of nitrogen functional groups attached to an aromatic ring is 2. The number of nitrogens with zero attached hydrogens (tertiary/aromatic N) is 3. The Morgan fingerprint density at radius 2 is 1.68 bits per heavy atom. The molecular weight excluding hydrogens is 382 g/mol. The zero-order chi connectivity index (χ0) is 20.3. The summed E-state index contributed by atoms with van der Waals surface area (Å²) in [5.41, 5.74) is 12.3. The van der Waals surface area contributed by atoms with Gasteiger partial charge < -0.3 is 20.9 Å². The van der Waals surface area contributed by atoms with Crippen LogP contribution in [0, 0.1) is 11.3 Å². The minimum Gasteiger partial charge on any atom is -0.452 e. The van der Waals surface area contributed by atoms with E-state index in [1.807, 2.05) is 6.07 Å². The number of sulfone groups is 1. The first kappa shape index (κ1) is 18.9. The van der Waals surface area contributed by atoms with Crippen molar-refractivity contribution in [2.45, 2.75) is 5.03 Å². The number of ether oxygens (including phenoxy) is 2. The van der Waals surface area contributed by atoms with Gasteiger partial charge in [-0.25, -0.2) is 18.4 Å². The van der Waals surface area contributed by atoms with Gasteiger partial charge in [0.15, 0.2) is 37.8 Å². The number of nitriles is 1. The predicted octanol–water partition coefficient (Wildman–Crippen LogP) is 2.50. The largest absolute Gasteiger partial charge is 0.452 e. The number of pyridine rings is 2. The van der Waals surface area contributed by atoms with Crippen molar-refractivity contribution >= 4 is 21.2 Å². The molecule has 2 aromatic heterocycles. The lowest BCUT2D eigenvalue weighted by Gasteiger charge is -2.14. The van der Waals surface area contributed by atoms with Crippen LogP contribution in [-0.4, -0.2) is 24.6 Å². The molecule has 0 saturated heterocycles. The van der Waals surface area contributed by atoms with E-state index in [0.29, 0.717) is 0 Å². The highest BCUT2D eigenvalue weighted by atomic mass is 32.2. The third kappa shape index (κ3) is 4.11. The Bertz CT molecular complexity index is 1170. The zero-order valence-corrected chi connectivity index (χ0v) is 15.5. The fourth-order valence-corrected chi connectivity index (χ4v) is 2.76. The molecule has 0 aliphatic carbocycles. The van der Waals surface area contributed by atoms with Gasteiger partial charge in [-0.15, -0.1) is 0 Å². The van der Waals surface area contributed by atoms with Crippen LogP contribution in [0.4, 0.5) is 11.4 Å². The summed E-state index contributed by atoms with van der Waals surface area (Å²) in [4.78, 5) is 7.79. The number of rotatable bonds is 5. The van der Waals surface area contributed by atoms with E-state index in [-0.39, 0.29) is 45.1 Å². The van der Waals surface area contributed by atoms with E-state index in [1.165, 1.54) is 36.7 Å². The monoisotopic (exact) mass is 397 g/mol. The smallest absolute Gasteiger partial charge is 0.192 e. The maximum absolute atomic E-state index is 11.5. The van der Waals surface area contributed by atoms with Crippen molar-refractivity contribution in [3.63, 3.8) is 0 Å². The average Bonchev–Trinajstić information content (AvgIpc) is 2.66. The maximum atomic E-state index is 11.5. The summed E-state index contributed by atoms with van der Waals surface area (Å²) in [5.74, 6) is 0.870. The Balaban J connectivity index is 1.97. The van der Waals surface area contributed by atoms with Crippen molar-refractivity contribution in [1.29, 1.82) is 5.26 Å². The highest BCUT2D eigenvalue weighted by molar-refractivity contribution is 7.90. The number of anilines is 2. The van der Waals surface area contributed by atoms with E-state index < -0.39 is 9.84 Å². The molecule has 0 atom stereocenters. The topological polar surface area (TPSA) is 154 Å². The molecule has 0 saturated carbocycles. The van der Waals surface area contributed by atoms with Gasteiger partial charge in [-0.3, -0.25) is 0 Å². The van der Waals surface area contributed by atoms with Gasteiger partial charge in [-0.1, -0.05) is 0 Å². The van der Waals surface area contributed by atoms with Gasteiger partial charge >= 0.3 is 0 Å². The van der Waals surface area contributed by atoms with Crippen molar-refractivity contribution in [3.05, 3.63) is 54.5 Å². The molecule has 0 spiro atoms. The van der Waals surface area contributed by atoms with Crippen LogP contribution in [0.2, 0.25) is 0 Å². The summed E-state index contributed by atoms with van der Waals surface area (Å²) in [7, 11) is -3.43. The molecule has 0 aliphatic rings. The zero-order valence-electron chi connectivity index (χ0n) is 14.7. The van der Waals surface area contributed by atoms with Gasteiger partial charge in [0.1, 0.15) is 11.8 Å². The van der Waals surface area contributed by atoms with Crippen LogP contribution in [0.5, 0.6) is 23.0 Å². The Hall–Kier alpha value is -3.84. The van der Waals surface area contributed by atoms with Crippen molar-refractivity contribution in [1.82, 2.24) is 9.97 Å². The van der Waals surface area contributed by atoms with Crippen molar-refractivity contribution in [2.75, 3.05) is 17.7 Å². The first-order valence-corrected chi connectivity index (χ1v) is 9.73. The lowest BCUT2D eigenvalue weighted by molar-refractivity contribution is 0.416. The minimum atomic E-state index is -3.43. The van der Waals surface area contributed by atoms with E-state index >= 15 is 0 Å². The molecule has 0 bridgehead atoms. The van der Waals surface area contributed by atoms with Crippen molar-refractivity contribution in [2.24, 2.45) is 0 Å². The molecule has 3 rings (SSSR count). The van der Waals surface area contributed by atoms with Crippen LogP contribution in [0.1, 0.15) is 5.69 Å². The summed E-state index contributed by atoms with van der Waals surface area (Å²) in [6.45, 7) is 0. The molecule has 142 valence electrons. The fraction of sp³-hybridized carbons (Fsp3) is 0.0556. The molecular formula is C18H15N5O4S. The summed E-state index contributed by atoms with van der Waals surface area (Å²) in [6.07, 6.45) is 3.79. The summed E-state index contributed by atoms with van der Waals surface area (Å²) < 4.78 is 34.5. The second-order valence-corrected chi connectivity index (χ2v) is 7.66. The highest BCUT2D eigenvalue weighted by Crippen LogP contribution is 2.39. The Morgan fingerprint density at radius 1 is 1.00 bits per heavy atom. The van der Waals surface area contributed by atoms with Crippen LogP contribution >= 0.6 is 0 Å². The van der Waals surface area contributed by atoms with E-state index in [1.54, 1.807) is 12.1 Å². The molecule has 3 aromatic rings. The maximum Gasteiger partial charge on any atom is 0.192 e. The number of aromatic nitrogens is 2. The second-order valence-electron chi connectivity index (χ2n) is 5.70. The van der Waals surface area contributed by atoms with Gasteiger partial charge in [-0.2, -0.15) is 5.26 Å². The first-order valence-electron chi connectivity index (χ1n) is 7.84. The molecule has 0 amide bonds. The molecule has 0 unspecified atom stereocenters. The lowest BCUT2D eigenvalue weighted by Crippen LogP contribution is -2.01. The normalized spacial score (nSPS) is 10.9. The molecule has 10 heteroatoms. The predicted molar refractivity (Wildman–Crippen MR) is 102 cm³/mol. The number of hydrogen-bond acceptors (Lipinski definition) is 9. The Kier molecular flexibility index (Phi) is 5.02. The summed E-state index contributed by atoms with van der Waals surface area (Å²) in [6, 6.07) is 10.8. The van der Waals surface area contributed by atoms with Gasteiger partial charge in [0, 0.05) is 24.6 Å². The molecule has 28 heavy (non-hydrogen) atoms. The van der Waals surface area contributed by atoms with E-state index in [0.717, 1.165) is 6.26 Å². The van der Waals surface area contributed by atoms with Gasteiger partial charge in [0.2, 0.25) is 0 Å². The van der Waals surface area contributed by atoms with Crippen LogP contribution in [0.25, 0.3) is 0 Å². The summed E-state index contributed by atoms with van der Waals surface area (Å²) >= 11 is 0. The number of nitrogens with two attached hydrogens (primary N) is 2. The van der Waals surface area contributed by atoms with Crippen molar-refractivity contribution < 1.29 is 17.9 Å². The average molecular weight is 397 g/mol. The standard InChI is InChI=1S/C18H15N5O4S/c1-28(24,25)18-5-4-11(10-23-18)26-16-7-12(20)13(21)8-17(16)27-15-3-2-6-22-14(15)9-19/h2-8,10H,20-21H2,1H3. The Labute approximate surface area is 161 Å². The number of hydrogen-bond donors (Lipinski definition) is 2. The van der Waals surface area contributed by atoms with Crippen LogP contribution in [0.15, 0.2) is 53.8 Å². The third-order valence-corrected chi connectivity index (χ3v) is 4.56. The van der Waals surface area contributed by atoms with Crippen LogP contribution in [0.3, 0.4) is 0 Å². The van der Waals surface area contributed by atoms with Crippen molar-refractivity contribution in [3.8, 4) is 29.1 Å². The molecule has 9 nitrogen and oxygen atoms in total. The minimum absolute atomic E-state index is 0.0813. The first-order chi connectivity index (χ1) is 13.3. The van der Waals surface area contributed by atoms with E-state index in [4.69, 9.17) is 26.2 Å². The SMILES string of the molecule is CS(=O)(=O)c1ccc(Oc2cc(N)c(N)cc2Oc2cccnc2C#N)cn1. The molecule has 0 aliphatic heterocycles. The highest BCUT2D eigenvalue weighted by Gasteiger charge is 2.15. The fourth-order valence-electron chi connectivity index (χ4n) is 2.20. The molecule has 0 fully saturated rings. The van der Waals surface area contributed by atoms with Gasteiger partial charge in [-0.05, 0) is 24.3 Å².